The van der Waals surface area contributed by atoms with Gasteiger partial charge in [0.25, 0.3) is 5.91 Å². The Morgan fingerprint density at radius 1 is 0.903 bits per heavy atom. The lowest BCUT2D eigenvalue weighted by Crippen LogP contribution is -2.22. The van der Waals surface area contributed by atoms with Gasteiger partial charge in [0, 0.05) is 35.6 Å². The Balaban J connectivity index is 1.34. The van der Waals surface area contributed by atoms with Gasteiger partial charge in [-0.25, -0.2) is 0 Å². The highest BCUT2D eigenvalue weighted by Gasteiger charge is 2.10. The third kappa shape index (κ3) is 3.94. The minimum atomic E-state index is -0.117. The van der Waals surface area contributed by atoms with Crippen molar-refractivity contribution < 1.29 is 4.79 Å². The highest BCUT2D eigenvalue weighted by Crippen LogP contribution is 2.29. The number of H-pyrrole nitrogens is 1. The van der Waals surface area contributed by atoms with E-state index in [0.29, 0.717) is 12.1 Å². The standard InChI is InChI=1S/C26H20N4O/c31-26(28-17-18-5-4-14-27-16-18)21-12-10-20(11-13-21)24-15-25(30-29-24)23-9-3-7-19-6-1-2-8-22(19)23/h1-16H,17H2,(H,28,31)(H,29,30). The summed E-state index contributed by atoms with van der Waals surface area (Å²) in [5.74, 6) is -0.117. The lowest BCUT2D eigenvalue weighted by Gasteiger charge is -2.05. The number of fused-ring (bicyclic) bond motifs is 1. The maximum atomic E-state index is 12.4. The number of aromatic nitrogens is 3. The number of nitrogens with zero attached hydrogens (tertiary/aromatic N) is 2. The predicted molar refractivity (Wildman–Crippen MR) is 122 cm³/mol. The molecule has 0 unspecified atom stereocenters. The lowest BCUT2D eigenvalue weighted by atomic mass is 10.0. The van der Waals surface area contributed by atoms with Crippen LogP contribution in [0.25, 0.3) is 33.3 Å². The molecular formula is C26H20N4O. The normalized spacial score (nSPS) is 10.8. The van der Waals surface area contributed by atoms with Gasteiger partial charge in [-0.15, -0.1) is 0 Å². The van der Waals surface area contributed by atoms with Crippen LogP contribution in [-0.2, 0) is 6.54 Å². The molecule has 0 aliphatic heterocycles. The lowest BCUT2D eigenvalue weighted by molar-refractivity contribution is 0.0951. The van der Waals surface area contributed by atoms with Crippen molar-refractivity contribution in [2.45, 2.75) is 6.54 Å². The van der Waals surface area contributed by atoms with Crippen molar-refractivity contribution in [1.29, 1.82) is 0 Å². The van der Waals surface area contributed by atoms with E-state index in [2.05, 4.69) is 50.8 Å². The molecule has 5 heteroatoms. The van der Waals surface area contributed by atoms with Crippen LogP contribution in [0.3, 0.4) is 0 Å². The van der Waals surface area contributed by atoms with E-state index < -0.39 is 0 Å². The zero-order valence-electron chi connectivity index (χ0n) is 16.7. The van der Waals surface area contributed by atoms with E-state index in [9.17, 15) is 4.79 Å². The molecule has 0 saturated heterocycles. The summed E-state index contributed by atoms with van der Waals surface area (Å²) >= 11 is 0. The number of hydrogen-bond acceptors (Lipinski definition) is 3. The second-order valence-corrected chi connectivity index (χ2v) is 7.31. The van der Waals surface area contributed by atoms with E-state index in [1.165, 1.54) is 10.8 Å². The summed E-state index contributed by atoms with van der Waals surface area (Å²) in [6, 6.07) is 27.9. The molecule has 0 saturated carbocycles. The monoisotopic (exact) mass is 404 g/mol. The third-order valence-corrected chi connectivity index (χ3v) is 5.28. The number of aromatic amines is 1. The minimum absolute atomic E-state index is 0.117. The molecule has 0 bridgehead atoms. The number of carbonyl (C=O) groups excluding carboxylic acids is 1. The van der Waals surface area contributed by atoms with E-state index in [1.807, 2.05) is 54.6 Å². The Bertz CT molecular complexity index is 1340. The summed E-state index contributed by atoms with van der Waals surface area (Å²) in [7, 11) is 0. The largest absolute Gasteiger partial charge is 0.348 e. The van der Waals surface area contributed by atoms with Crippen LogP contribution >= 0.6 is 0 Å². The van der Waals surface area contributed by atoms with Crippen molar-refractivity contribution in [3.05, 3.63) is 108 Å². The van der Waals surface area contributed by atoms with Gasteiger partial charge in [-0.2, -0.15) is 5.10 Å². The third-order valence-electron chi connectivity index (χ3n) is 5.28. The SMILES string of the molecule is O=C(NCc1cccnc1)c1ccc(-c2cc(-c3cccc4ccccc34)[nH]n2)cc1. The molecule has 0 spiro atoms. The molecule has 1 amide bonds. The Kier molecular flexibility index (Phi) is 4.99. The number of nitrogens with one attached hydrogen (secondary N) is 2. The highest BCUT2D eigenvalue weighted by molar-refractivity contribution is 5.96. The van der Waals surface area contributed by atoms with Crippen LogP contribution in [-0.4, -0.2) is 21.1 Å². The molecule has 2 aromatic heterocycles. The molecule has 0 aliphatic rings. The van der Waals surface area contributed by atoms with Crippen molar-refractivity contribution in [3.8, 4) is 22.5 Å². The maximum Gasteiger partial charge on any atom is 0.251 e. The first-order valence-electron chi connectivity index (χ1n) is 10.1. The Hall–Kier alpha value is -4.25. The first kappa shape index (κ1) is 18.8. The van der Waals surface area contributed by atoms with Gasteiger partial charge in [-0.1, -0.05) is 60.7 Å². The number of amides is 1. The molecule has 0 aliphatic carbocycles. The quantitative estimate of drug-likeness (QED) is 0.422. The first-order chi connectivity index (χ1) is 15.3. The van der Waals surface area contributed by atoms with Gasteiger partial charge < -0.3 is 5.32 Å². The van der Waals surface area contributed by atoms with E-state index >= 15 is 0 Å². The van der Waals surface area contributed by atoms with E-state index in [0.717, 1.165) is 28.1 Å². The van der Waals surface area contributed by atoms with Gasteiger partial charge in [-0.05, 0) is 40.6 Å². The van der Waals surface area contributed by atoms with Gasteiger partial charge in [0.15, 0.2) is 0 Å². The average Bonchev–Trinajstić information content (AvgIpc) is 3.33. The molecule has 0 radical (unpaired) electrons. The average molecular weight is 404 g/mol. The van der Waals surface area contributed by atoms with Crippen LogP contribution in [0.4, 0.5) is 0 Å². The molecule has 5 aromatic rings. The van der Waals surface area contributed by atoms with Crippen LogP contribution in [0.1, 0.15) is 15.9 Å². The van der Waals surface area contributed by atoms with Crippen molar-refractivity contribution >= 4 is 16.7 Å². The molecule has 2 heterocycles. The summed E-state index contributed by atoms with van der Waals surface area (Å²) in [6.45, 7) is 0.447. The Morgan fingerprint density at radius 3 is 2.58 bits per heavy atom. The van der Waals surface area contributed by atoms with Crippen LogP contribution in [0.15, 0.2) is 97.3 Å². The zero-order chi connectivity index (χ0) is 21.0. The smallest absolute Gasteiger partial charge is 0.251 e. The van der Waals surface area contributed by atoms with Gasteiger partial charge in [0.05, 0.1) is 11.4 Å². The summed E-state index contributed by atoms with van der Waals surface area (Å²) in [5.41, 5.74) is 5.44. The van der Waals surface area contributed by atoms with E-state index in [-0.39, 0.29) is 5.91 Å². The van der Waals surface area contributed by atoms with Gasteiger partial charge in [-0.3, -0.25) is 14.9 Å². The predicted octanol–water partition coefficient (Wildman–Crippen LogP) is 5.22. The topological polar surface area (TPSA) is 70.7 Å². The first-order valence-corrected chi connectivity index (χ1v) is 10.1. The molecule has 0 atom stereocenters. The Morgan fingerprint density at radius 2 is 1.74 bits per heavy atom. The van der Waals surface area contributed by atoms with Crippen molar-refractivity contribution in [2.24, 2.45) is 0 Å². The Labute approximate surface area is 179 Å². The van der Waals surface area contributed by atoms with Gasteiger partial charge in [0.2, 0.25) is 0 Å². The molecule has 3 aromatic carbocycles. The number of benzene rings is 3. The van der Waals surface area contributed by atoms with E-state index in [1.54, 1.807) is 12.4 Å². The second-order valence-electron chi connectivity index (χ2n) is 7.31. The summed E-state index contributed by atoms with van der Waals surface area (Å²) in [5, 5.41) is 12.9. The number of rotatable bonds is 5. The van der Waals surface area contributed by atoms with Gasteiger partial charge >= 0.3 is 0 Å². The molecule has 150 valence electrons. The highest BCUT2D eigenvalue weighted by atomic mass is 16.1. The van der Waals surface area contributed by atoms with Crippen molar-refractivity contribution in [3.63, 3.8) is 0 Å². The summed E-state index contributed by atoms with van der Waals surface area (Å²) < 4.78 is 0. The second kappa shape index (κ2) is 8.24. The number of carbonyl (C=O) groups is 1. The molecule has 2 N–H and O–H groups in total. The number of hydrogen-bond donors (Lipinski definition) is 2. The van der Waals surface area contributed by atoms with Crippen molar-refractivity contribution in [2.75, 3.05) is 0 Å². The maximum absolute atomic E-state index is 12.4. The number of pyridine rings is 1. The molecule has 31 heavy (non-hydrogen) atoms. The molecule has 0 fully saturated rings. The molecular weight excluding hydrogens is 384 g/mol. The summed E-state index contributed by atoms with van der Waals surface area (Å²) in [4.78, 5) is 16.5. The summed E-state index contributed by atoms with van der Waals surface area (Å²) in [6.07, 6.45) is 3.46. The zero-order valence-corrected chi connectivity index (χ0v) is 16.7. The van der Waals surface area contributed by atoms with Crippen LogP contribution in [0.2, 0.25) is 0 Å². The fourth-order valence-electron chi connectivity index (χ4n) is 3.65. The molecule has 5 nitrogen and oxygen atoms in total. The van der Waals surface area contributed by atoms with Crippen LogP contribution in [0, 0.1) is 0 Å². The van der Waals surface area contributed by atoms with Gasteiger partial charge in [0.1, 0.15) is 0 Å². The fraction of sp³-hybridized carbons (Fsp3) is 0.0385. The molecule has 5 rings (SSSR count). The minimum Gasteiger partial charge on any atom is -0.348 e. The van der Waals surface area contributed by atoms with E-state index in [4.69, 9.17) is 0 Å². The van der Waals surface area contributed by atoms with Crippen LogP contribution < -0.4 is 5.32 Å². The fourth-order valence-corrected chi connectivity index (χ4v) is 3.65. The van der Waals surface area contributed by atoms with Crippen LogP contribution in [0.5, 0.6) is 0 Å². The van der Waals surface area contributed by atoms with Crippen molar-refractivity contribution in [1.82, 2.24) is 20.5 Å².